The summed E-state index contributed by atoms with van der Waals surface area (Å²) in [7, 11) is 0. The molecule has 0 unspecified atom stereocenters. The van der Waals surface area contributed by atoms with Crippen molar-refractivity contribution in [2.75, 3.05) is 0 Å². The Kier molecular flexibility index (Phi) is 3.18. The van der Waals surface area contributed by atoms with Crippen LogP contribution in [0.15, 0.2) is 41.1 Å². The van der Waals surface area contributed by atoms with Crippen LogP contribution in [0.5, 0.6) is 0 Å². The largest absolute Gasteiger partial charge is 0.345 e. The molecule has 20 heavy (non-hydrogen) atoms. The maximum Gasteiger partial charge on any atom is 0.195 e. The molecule has 0 aliphatic carbocycles. The first kappa shape index (κ1) is 13.1. The number of H-pyrrole nitrogens is 1. The van der Waals surface area contributed by atoms with Crippen molar-refractivity contribution in [3.05, 3.63) is 63.4 Å². The van der Waals surface area contributed by atoms with E-state index in [-0.39, 0.29) is 5.78 Å². The van der Waals surface area contributed by atoms with Crippen molar-refractivity contribution in [3.63, 3.8) is 0 Å². The number of rotatable bonds is 2. The summed E-state index contributed by atoms with van der Waals surface area (Å²) in [6, 6.07) is 7.69. The third-order valence-corrected chi connectivity index (χ3v) is 3.95. The van der Waals surface area contributed by atoms with Crippen LogP contribution in [0.4, 0.5) is 0 Å². The molecule has 0 amide bonds. The highest BCUT2D eigenvalue weighted by Gasteiger charge is 2.15. The number of hydrogen-bond acceptors (Lipinski definition) is 2. The van der Waals surface area contributed by atoms with E-state index in [1.807, 2.05) is 38.1 Å². The predicted molar refractivity (Wildman–Crippen MR) is 83.1 cm³/mol. The van der Waals surface area contributed by atoms with Crippen molar-refractivity contribution in [1.82, 2.24) is 9.97 Å². The molecule has 0 radical (unpaired) electrons. The minimum atomic E-state index is 0.0132. The zero-order chi connectivity index (χ0) is 14.3. The topological polar surface area (TPSA) is 45.8 Å². The Hall–Kier alpha value is -1.94. The molecule has 0 saturated carbocycles. The fraction of sp³-hybridized carbons (Fsp3) is 0.125. The van der Waals surface area contributed by atoms with Gasteiger partial charge in [-0.25, -0.2) is 4.98 Å². The van der Waals surface area contributed by atoms with Crippen LogP contribution in [0, 0.1) is 13.8 Å². The van der Waals surface area contributed by atoms with E-state index >= 15 is 0 Å². The minimum Gasteiger partial charge on any atom is -0.345 e. The van der Waals surface area contributed by atoms with E-state index in [9.17, 15) is 4.79 Å². The zero-order valence-corrected chi connectivity index (χ0v) is 12.8. The first-order valence-corrected chi connectivity index (χ1v) is 7.10. The number of nitrogens with one attached hydrogen (secondary N) is 1. The first-order valence-electron chi connectivity index (χ1n) is 6.31. The fourth-order valence-electron chi connectivity index (χ4n) is 2.20. The molecular weight excluding hydrogens is 316 g/mol. The Morgan fingerprint density at radius 2 is 2.00 bits per heavy atom. The van der Waals surface area contributed by atoms with Gasteiger partial charge < -0.3 is 4.98 Å². The van der Waals surface area contributed by atoms with Gasteiger partial charge in [0.2, 0.25) is 0 Å². The summed E-state index contributed by atoms with van der Waals surface area (Å²) in [5, 5.41) is 0.836. The minimum absolute atomic E-state index is 0.0132. The lowest BCUT2D eigenvalue weighted by atomic mass is 9.99. The molecule has 0 aliphatic rings. The first-order chi connectivity index (χ1) is 9.56. The normalized spacial score (nSPS) is 10.9. The molecule has 3 aromatic rings. The van der Waals surface area contributed by atoms with E-state index in [1.54, 1.807) is 12.4 Å². The number of nitrogens with zero attached hydrogens (tertiary/aromatic N) is 1. The quantitative estimate of drug-likeness (QED) is 0.717. The van der Waals surface area contributed by atoms with Gasteiger partial charge in [0.05, 0.1) is 0 Å². The molecule has 2 aromatic heterocycles. The van der Waals surface area contributed by atoms with Gasteiger partial charge in [0.25, 0.3) is 0 Å². The highest BCUT2D eigenvalue weighted by molar-refractivity contribution is 9.10. The number of aryl methyl sites for hydroxylation is 2. The molecule has 0 saturated heterocycles. The Morgan fingerprint density at radius 3 is 2.75 bits per heavy atom. The summed E-state index contributed by atoms with van der Waals surface area (Å²) in [5.41, 5.74) is 4.38. The standard InChI is InChI=1S/C16H13BrN2O/c1-9-3-4-11(5-10(9)2)15(20)14-8-19-16-13(14)6-12(17)7-18-16/h3-8H,1-2H3,(H,18,19). The van der Waals surface area contributed by atoms with Crippen molar-refractivity contribution in [1.29, 1.82) is 0 Å². The monoisotopic (exact) mass is 328 g/mol. The van der Waals surface area contributed by atoms with Crippen molar-refractivity contribution in [2.24, 2.45) is 0 Å². The van der Waals surface area contributed by atoms with Crippen LogP contribution in [0.2, 0.25) is 0 Å². The number of carbonyl (C=O) groups is 1. The van der Waals surface area contributed by atoms with E-state index in [0.29, 0.717) is 11.1 Å². The third-order valence-electron chi connectivity index (χ3n) is 3.51. The maximum absolute atomic E-state index is 12.6. The second kappa shape index (κ2) is 4.87. The summed E-state index contributed by atoms with van der Waals surface area (Å²) in [6.07, 6.45) is 3.44. The average molecular weight is 329 g/mol. The van der Waals surface area contributed by atoms with Crippen molar-refractivity contribution >= 4 is 32.7 Å². The summed E-state index contributed by atoms with van der Waals surface area (Å²) < 4.78 is 0.860. The number of halogens is 1. The number of fused-ring (bicyclic) bond motifs is 1. The third kappa shape index (κ3) is 2.16. The van der Waals surface area contributed by atoms with Crippen molar-refractivity contribution < 1.29 is 4.79 Å². The Bertz CT molecular complexity index is 820. The van der Waals surface area contributed by atoms with Gasteiger partial charge in [0.1, 0.15) is 5.65 Å². The number of aromatic amines is 1. The smallest absolute Gasteiger partial charge is 0.195 e. The average Bonchev–Trinajstić information content (AvgIpc) is 2.84. The summed E-state index contributed by atoms with van der Waals surface area (Å²) >= 11 is 3.39. The molecule has 0 aliphatic heterocycles. The SMILES string of the molecule is Cc1ccc(C(=O)c2c[nH]c3ncc(Br)cc23)cc1C. The van der Waals surface area contributed by atoms with Gasteiger partial charge >= 0.3 is 0 Å². The number of pyridine rings is 1. The van der Waals surface area contributed by atoms with Crippen LogP contribution >= 0.6 is 15.9 Å². The maximum atomic E-state index is 12.6. The molecular formula is C16H13BrN2O. The lowest BCUT2D eigenvalue weighted by Crippen LogP contribution is -2.01. The zero-order valence-electron chi connectivity index (χ0n) is 11.2. The highest BCUT2D eigenvalue weighted by Crippen LogP contribution is 2.23. The molecule has 1 N–H and O–H groups in total. The predicted octanol–water partition coefficient (Wildman–Crippen LogP) is 4.17. The summed E-state index contributed by atoms with van der Waals surface area (Å²) in [5.74, 6) is 0.0132. The van der Waals surface area contributed by atoms with Gasteiger partial charge in [-0.2, -0.15) is 0 Å². The van der Waals surface area contributed by atoms with E-state index in [1.165, 1.54) is 5.56 Å². The summed E-state index contributed by atoms with van der Waals surface area (Å²) in [6.45, 7) is 4.05. The number of carbonyl (C=O) groups excluding carboxylic acids is 1. The lowest BCUT2D eigenvalue weighted by molar-refractivity contribution is 0.104. The molecule has 1 aromatic carbocycles. The van der Waals surface area contributed by atoms with E-state index < -0.39 is 0 Å². The summed E-state index contributed by atoms with van der Waals surface area (Å²) in [4.78, 5) is 19.9. The molecule has 0 spiro atoms. The van der Waals surface area contributed by atoms with Gasteiger partial charge in [-0.1, -0.05) is 12.1 Å². The molecule has 0 bridgehead atoms. The van der Waals surface area contributed by atoms with Crippen LogP contribution < -0.4 is 0 Å². The van der Waals surface area contributed by atoms with Crippen molar-refractivity contribution in [2.45, 2.75) is 13.8 Å². The van der Waals surface area contributed by atoms with Gasteiger partial charge in [-0.3, -0.25) is 4.79 Å². The van der Waals surface area contributed by atoms with Gasteiger partial charge in [0.15, 0.2) is 5.78 Å². The molecule has 3 rings (SSSR count). The van der Waals surface area contributed by atoms with Crippen LogP contribution in [0.1, 0.15) is 27.0 Å². The highest BCUT2D eigenvalue weighted by atomic mass is 79.9. The van der Waals surface area contributed by atoms with Crippen LogP contribution in [-0.4, -0.2) is 15.8 Å². The van der Waals surface area contributed by atoms with Gasteiger partial charge in [-0.05, 0) is 53.0 Å². The molecule has 3 nitrogen and oxygen atoms in total. The molecule has 2 heterocycles. The van der Waals surface area contributed by atoms with Crippen LogP contribution in [-0.2, 0) is 0 Å². The second-order valence-electron chi connectivity index (χ2n) is 4.88. The van der Waals surface area contributed by atoms with Gasteiger partial charge in [-0.15, -0.1) is 0 Å². The number of benzene rings is 1. The van der Waals surface area contributed by atoms with Gasteiger partial charge in [0, 0.05) is 33.4 Å². The molecule has 100 valence electrons. The van der Waals surface area contributed by atoms with Crippen LogP contribution in [0.25, 0.3) is 11.0 Å². The Morgan fingerprint density at radius 1 is 1.20 bits per heavy atom. The Labute approximate surface area is 125 Å². The lowest BCUT2D eigenvalue weighted by Gasteiger charge is -2.04. The number of ketones is 1. The van der Waals surface area contributed by atoms with Crippen molar-refractivity contribution in [3.8, 4) is 0 Å². The number of hydrogen-bond donors (Lipinski definition) is 1. The molecule has 0 atom stereocenters. The van der Waals surface area contributed by atoms with E-state index in [0.717, 1.165) is 21.1 Å². The number of aromatic nitrogens is 2. The Balaban J connectivity index is 2.12. The van der Waals surface area contributed by atoms with E-state index in [2.05, 4.69) is 25.9 Å². The van der Waals surface area contributed by atoms with E-state index in [4.69, 9.17) is 0 Å². The molecule has 0 fully saturated rings. The van der Waals surface area contributed by atoms with Crippen LogP contribution in [0.3, 0.4) is 0 Å². The fourth-order valence-corrected chi connectivity index (χ4v) is 2.54. The molecule has 4 heteroatoms. The second-order valence-corrected chi connectivity index (χ2v) is 5.80.